The summed E-state index contributed by atoms with van der Waals surface area (Å²) >= 11 is 1.19. The van der Waals surface area contributed by atoms with E-state index in [9.17, 15) is 32.3 Å². The number of carbonyl (C=O) groups is 1. The molecule has 0 aliphatic carbocycles. The second kappa shape index (κ2) is 17.4. The van der Waals surface area contributed by atoms with Gasteiger partial charge < -0.3 is 24.0 Å². The number of ether oxygens (including phenoxy) is 3. The molecule has 4 aromatic rings. The SMILES string of the molecule is C[C@@H](SC1COC(/C=C/C=C/c2ccc(C#N)cc2F)OC1)[C@@](Cn1cncn1)(OC(=O)c1cc(F)ccc1COP(=O)(O)O)c1ccc(F)cc1F. The molecule has 12 nitrogen and oxygen atoms in total. The van der Waals surface area contributed by atoms with Crippen LogP contribution in [0.15, 0.2) is 85.5 Å². The molecule has 0 spiro atoms. The van der Waals surface area contributed by atoms with Crippen LogP contribution in [0.25, 0.3) is 6.08 Å². The van der Waals surface area contributed by atoms with Gasteiger partial charge in [-0.2, -0.15) is 10.4 Å². The molecule has 1 aromatic heterocycles. The van der Waals surface area contributed by atoms with Crippen LogP contribution in [0.4, 0.5) is 17.6 Å². The van der Waals surface area contributed by atoms with Crippen molar-refractivity contribution in [1.29, 1.82) is 5.26 Å². The summed E-state index contributed by atoms with van der Waals surface area (Å²) in [4.78, 5) is 36.3. The number of esters is 1. The van der Waals surface area contributed by atoms with Gasteiger partial charge in [-0.3, -0.25) is 4.52 Å². The van der Waals surface area contributed by atoms with E-state index in [1.807, 2.05) is 6.07 Å². The van der Waals surface area contributed by atoms with Gasteiger partial charge in [0.2, 0.25) is 0 Å². The first-order valence-electron chi connectivity index (χ1n) is 15.7. The number of phosphoric acid groups is 1. The summed E-state index contributed by atoms with van der Waals surface area (Å²) in [6.45, 7) is 0.704. The van der Waals surface area contributed by atoms with Gasteiger partial charge in [0.05, 0.1) is 48.8 Å². The van der Waals surface area contributed by atoms with Crippen LogP contribution in [-0.4, -0.2) is 60.5 Å². The Labute approximate surface area is 304 Å². The zero-order valence-electron chi connectivity index (χ0n) is 27.7. The van der Waals surface area contributed by atoms with E-state index >= 15 is 4.39 Å². The van der Waals surface area contributed by atoms with Crippen LogP contribution in [0.5, 0.6) is 0 Å². The third-order valence-electron chi connectivity index (χ3n) is 7.94. The monoisotopic (exact) mass is 774 g/mol. The second-order valence-electron chi connectivity index (χ2n) is 11.6. The fourth-order valence-electron chi connectivity index (χ4n) is 5.36. The summed E-state index contributed by atoms with van der Waals surface area (Å²) in [5, 5.41) is 11.7. The lowest BCUT2D eigenvalue weighted by Gasteiger charge is -2.40. The quantitative estimate of drug-likeness (QED) is 0.0646. The Hall–Kier alpha value is -4.66. The van der Waals surface area contributed by atoms with Gasteiger partial charge in [0.15, 0.2) is 11.9 Å². The smallest absolute Gasteiger partial charge is 0.447 e. The molecule has 0 unspecified atom stereocenters. The Morgan fingerprint density at radius 2 is 1.83 bits per heavy atom. The predicted octanol–water partition coefficient (Wildman–Crippen LogP) is 6.20. The lowest BCUT2D eigenvalue weighted by atomic mass is 9.89. The van der Waals surface area contributed by atoms with Gasteiger partial charge in [-0.15, -0.1) is 11.8 Å². The molecule has 278 valence electrons. The van der Waals surface area contributed by atoms with E-state index in [0.29, 0.717) is 6.07 Å². The normalized spacial score (nSPS) is 18.2. The van der Waals surface area contributed by atoms with Crippen molar-refractivity contribution in [2.45, 2.75) is 42.5 Å². The molecule has 0 bridgehead atoms. The highest BCUT2D eigenvalue weighted by Crippen LogP contribution is 2.43. The highest BCUT2D eigenvalue weighted by molar-refractivity contribution is 8.00. The zero-order valence-corrected chi connectivity index (χ0v) is 29.4. The Morgan fingerprint density at radius 3 is 2.49 bits per heavy atom. The van der Waals surface area contributed by atoms with Crippen LogP contribution in [0, 0.1) is 34.6 Å². The summed E-state index contributed by atoms with van der Waals surface area (Å²) in [5.74, 6) is -4.61. The number of nitrogens with zero attached hydrogens (tertiary/aromatic N) is 4. The van der Waals surface area contributed by atoms with Crippen LogP contribution in [0.1, 0.15) is 39.5 Å². The first kappa shape index (κ1) is 39.5. The first-order chi connectivity index (χ1) is 25.3. The average Bonchev–Trinajstić information content (AvgIpc) is 3.63. The van der Waals surface area contributed by atoms with Gasteiger partial charge in [-0.25, -0.2) is 36.6 Å². The van der Waals surface area contributed by atoms with E-state index < -0.39 is 71.6 Å². The number of allylic oxidation sites excluding steroid dienone is 2. The number of thioether (sulfide) groups is 1. The fraction of sp³-hybridized carbons (Fsp3) is 0.257. The van der Waals surface area contributed by atoms with Crippen LogP contribution in [0.3, 0.4) is 0 Å². The largest absolute Gasteiger partial charge is 0.469 e. The maximum Gasteiger partial charge on any atom is 0.469 e. The predicted molar refractivity (Wildman–Crippen MR) is 183 cm³/mol. The Kier molecular flexibility index (Phi) is 13.0. The molecule has 1 saturated heterocycles. The van der Waals surface area contributed by atoms with Gasteiger partial charge in [0.1, 0.15) is 35.9 Å². The number of rotatable bonds is 14. The van der Waals surface area contributed by atoms with E-state index in [1.54, 1.807) is 25.2 Å². The summed E-state index contributed by atoms with van der Waals surface area (Å²) < 4.78 is 93.6. The third-order valence-corrected chi connectivity index (χ3v) is 9.85. The topological polar surface area (TPSA) is 166 Å². The van der Waals surface area contributed by atoms with Crippen LogP contribution < -0.4 is 0 Å². The van der Waals surface area contributed by atoms with Crippen molar-refractivity contribution in [3.63, 3.8) is 0 Å². The number of hydrogen-bond donors (Lipinski definition) is 2. The van der Waals surface area contributed by atoms with Crippen molar-refractivity contribution in [3.8, 4) is 6.07 Å². The minimum Gasteiger partial charge on any atom is -0.447 e. The molecule has 2 atom stereocenters. The number of halogens is 4. The number of hydrogen-bond acceptors (Lipinski definition) is 10. The number of nitriles is 1. The van der Waals surface area contributed by atoms with E-state index in [0.717, 1.165) is 36.4 Å². The minimum atomic E-state index is -5.01. The molecule has 1 fully saturated rings. The lowest BCUT2D eigenvalue weighted by Crippen LogP contribution is -2.47. The van der Waals surface area contributed by atoms with Gasteiger partial charge in [0.25, 0.3) is 0 Å². The van der Waals surface area contributed by atoms with Crippen molar-refractivity contribution >= 4 is 31.6 Å². The summed E-state index contributed by atoms with van der Waals surface area (Å²) in [6.07, 6.45) is 8.00. The van der Waals surface area contributed by atoms with Crippen LogP contribution >= 0.6 is 19.6 Å². The fourth-order valence-corrected chi connectivity index (χ4v) is 7.03. The van der Waals surface area contributed by atoms with Crippen molar-refractivity contribution < 1.29 is 55.4 Å². The number of carbonyl (C=O) groups excluding carboxylic acids is 1. The van der Waals surface area contributed by atoms with Crippen molar-refractivity contribution in [3.05, 3.63) is 137 Å². The molecule has 2 N–H and O–H groups in total. The molecule has 53 heavy (non-hydrogen) atoms. The highest BCUT2D eigenvalue weighted by Gasteiger charge is 2.47. The maximum absolute atomic E-state index is 15.8. The molecule has 5 rings (SSSR count). The van der Waals surface area contributed by atoms with Gasteiger partial charge in [0, 0.05) is 22.4 Å². The van der Waals surface area contributed by atoms with Crippen LogP contribution in [-0.2, 0) is 42.1 Å². The van der Waals surface area contributed by atoms with Gasteiger partial charge in [-0.1, -0.05) is 30.4 Å². The van der Waals surface area contributed by atoms with Crippen molar-refractivity contribution in [1.82, 2.24) is 14.8 Å². The Bertz CT molecular complexity index is 2070. The second-order valence-corrected chi connectivity index (χ2v) is 14.5. The molecule has 0 amide bonds. The molecule has 3 aromatic carbocycles. The summed E-state index contributed by atoms with van der Waals surface area (Å²) in [5.41, 5.74) is -2.38. The molecule has 18 heteroatoms. The Morgan fingerprint density at radius 1 is 1.09 bits per heavy atom. The molecule has 2 heterocycles. The zero-order chi connectivity index (χ0) is 38.2. The molecule has 0 saturated carbocycles. The number of aromatic nitrogens is 3. The van der Waals surface area contributed by atoms with E-state index in [2.05, 4.69) is 14.6 Å². The van der Waals surface area contributed by atoms with Crippen molar-refractivity contribution in [2.75, 3.05) is 13.2 Å². The Balaban J connectivity index is 1.39. The molecular weight excluding hydrogens is 743 g/mol. The third kappa shape index (κ3) is 10.5. The minimum absolute atomic E-state index is 0.116. The van der Waals surface area contributed by atoms with E-state index in [-0.39, 0.29) is 42.0 Å². The molecule has 1 aliphatic heterocycles. The maximum atomic E-state index is 15.8. The summed E-state index contributed by atoms with van der Waals surface area (Å²) in [6, 6.07) is 11.5. The number of phosphoric ester groups is 1. The molecule has 0 radical (unpaired) electrons. The summed E-state index contributed by atoms with van der Waals surface area (Å²) in [7, 11) is -5.01. The lowest BCUT2D eigenvalue weighted by molar-refractivity contribution is -0.146. The highest BCUT2D eigenvalue weighted by atomic mass is 32.2. The van der Waals surface area contributed by atoms with E-state index in [4.69, 9.17) is 19.5 Å². The molecular formula is C35H31F4N4O8PS. The standard InChI is InChI=1S/C35H31F4N4O8PS/c1-22(53-28-17-48-33(49-18-28)5-3-2-4-24-7-6-23(15-40)12-31(24)38)35(19-43-21-41-20-42-43,30-11-10-27(37)14-32(30)39)51-34(44)29-13-26(36)9-8-25(29)16-50-52(45,46)47/h2-14,20-22,28,33H,16-19H2,1H3,(H2,45,46,47)/b4-2+,5-3+/t22-,28?,33?,35-/m1/s1. The first-order valence-corrected chi connectivity index (χ1v) is 18.2. The number of benzene rings is 3. The van der Waals surface area contributed by atoms with E-state index in [1.165, 1.54) is 47.3 Å². The molecule has 1 aliphatic rings. The van der Waals surface area contributed by atoms with Gasteiger partial charge >= 0.3 is 13.8 Å². The van der Waals surface area contributed by atoms with Crippen molar-refractivity contribution in [2.24, 2.45) is 0 Å². The van der Waals surface area contributed by atoms with Crippen LogP contribution in [0.2, 0.25) is 0 Å². The average molecular weight is 775 g/mol. The van der Waals surface area contributed by atoms with Gasteiger partial charge in [-0.05, 0) is 55.0 Å².